The Morgan fingerprint density at radius 1 is 1.35 bits per heavy atom. The molecule has 17 heavy (non-hydrogen) atoms. The van der Waals surface area contributed by atoms with Gasteiger partial charge in [0, 0.05) is 6.07 Å². The maximum absolute atomic E-state index is 6.27. The number of rotatable bonds is 4. The molecule has 0 aromatic heterocycles. The van der Waals surface area contributed by atoms with Crippen molar-refractivity contribution in [1.82, 2.24) is 0 Å². The monoisotopic (exact) mass is 234 g/mol. The first kappa shape index (κ1) is 12.3. The van der Waals surface area contributed by atoms with Crippen LogP contribution in [0.4, 0.5) is 0 Å². The van der Waals surface area contributed by atoms with Crippen molar-refractivity contribution in [2.75, 3.05) is 7.11 Å². The van der Waals surface area contributed by atoms with Gasteiger partial charge in [0.1, 0.15) is 17.1 Å². The molecule has 1 unspecified atom stereocenters. The van der Waals surface area contributed by atoms with Gasteiger partial charge in [-0.3, -0.25) is 0 Å². The molecule has 94 valence electrons. The molecule has 0 N–H and O–H groups in total. The molecule has 0 bridgehead atoms. The van der Waals surface area contributed by atoms with Crippen LogP contribution in [0.2, 0.25) is 0 Å². The van der Waals surface area contributed by atoms with Gasteiger partial charge in [-0.2, -0.15) is 0 Å². The predicted molar refractivity (Wildman–Crippen MR) is 69.9 cm³/mol. The largest absolute Gasteiger partial charge is 0.497 e. The lowest BCUT2D eigenvalue weighted by Crippen LogP contribution is -2.38. The highest BCUT2D eigenvalue weighted by molar-refractivity contribution is 5.42. The van der Waals surface area contributed by atoms with Gasteiger partial charge in [0.2, 0.25) is 0 Å². The Hall–Kier alpha value is -1.18. The Bertz CT molecular complexity index is 387. The van der Waals surface area contributed by atoms with E-state index in [1.54, 1.807) is 7.11 Å². The first-order valence-electron chi connectivity index (χ1n) is 6.59. The molecule has 1 aliphatic heterocycles. The summed E-state index contributed by atoms with van der Waals surface area (Å²) in [5.74, 6) is 1.90. The molecule has 0 saturated heterocycles. The zero-order chi connectivity index (χ0) is 12.3. The molecule has 0 fully saturated rings. The number of hydrogen-bond acceptors (Lipinski definition) is 2. The lowest BCUT2D eigenvalue weighted by molar-refractivity contribution is 0.0327. The van der Waals surface area contributed by atoms with Crippen molar-refractivity contribution in [3.05, 3.63) is 23.8 Å². The van der Waals surface area contributed by atoms with Crippen molar-refractivity contribution in [2.24, 2.45) is 0 Å². The molecule has 1 atom stereocenters. The van der Waals surface area contributed by atoms with E-state index in [4.69, 9.17) is 9.47 Å². The number of aryl methyl sites for hydroxylation is 1. The molecule has 0 amide bonds. The Morgan fingerprint density at radius 3 is 2.82 bits per heavy atom. The normalized spacial score (nSPS) is 22.8. The maximum atomic E-state index is 6.27. The van der Waals surface area contributed by atoms with Crippen molar-refractivity contribution in [3.8, 4) is 11.5 Å². The van der Waals surface area contributed by atoms with Crippen molar-refractivity contribution in [2.45, 2.75) is 51.6 Å². The minimum Gasteiger partial charge on any atom is -0.497 e. The van der Waals surface area contributed by atoms with Crippen LogP contribution in [0.15, 0.2) is 18.2 Å². The highest BCUT2D eigenvalue weighted by Crippen LogP contribution is 2.39. The molecule has 0 spiro atoms. The average molecular weight is 234 g/mol. The van der Waals surface area contributed by atoms with Gasteiger partial charge in [-0.05, 0) is 37.3 Å². The van der Waals surface area contributed by atoms with Gasteiger partial charge in [-0.25, -0.2) is 0 Å². The maximum Gasteiger partial charge on any atom is 0.127 e. The van der Waals surface area contributed by atoms with Crippen molar-refractivity contribution in [3.63, 3.8) is 0 Å². The summed E-state index contributed by atoms with van der Waals surface area (Å²) in [7, 11) is 1.70. The highest BCUT2D eigenvalue weighted by atomic mass is 16.5. The first-order valence-corrected chi connectivity index (χ1v) is 6.59. The smallest absolute Gasteiger partial charge is 0.127 e. The molecule has 2 rings (SSSR count). The molecule has 1 aromatic rings. The second kappa shape index (κ2) is 4.99. The Morgan fingerprint density at radius 2 is 2.18 bits per heavy atom. The van der Waals surface area contributed by atoms with Crippen molar-refractivity contribution < 1.29 is 9.47 Å². The minimum atomic E-state index is 0.0497. The van der Waals surface area contributed by atoms with E-state index in [1.807, 2.05) is 12.1 Å². The van der Waals surface area contributed by atoms with Gasteiger partial charge in [-0.1, -0.05) is 26.3 Å². The molecular formula is C15H22O2. The fraction of sp³-hybridized carbons (Fsp3) is 0.600. The van der Waals surface area contributed by atoms with Crippen LogP contribution >= 0.6 is 0 Å². The molecule has 2 heteroatoms. The third-order valence-electron chi connectivity index (χ3n) is 3.80. The number of ether oxygens (including phenoxy) is 2. The summed E-state index contributed by atoms with van der Waals surface area (Å²) in [6, 6.07) is 6.16. The summed E-state index contributed by atoms with van der Waals surface area (Å²) in [5, 5.41) is 0. The third-order valence-corrected chi connectivity index (χ3v) is 3.80. The van der Waals surface area contributed by atoms with E-state index in [9.17, 15) is 0 Å². The van der Waals surface area contributed by atoms with Gasteiger partial charge in [0.15, 0.2) is 0 Å². The number of methoxy groups -OCH3 is 1. The van der Waals surface area contributed by atoms with Crippen LogP contribution in [0.3, 0.4) is 0 Å². The van der Waals surface area contributed by atoms with Crippen LogP contribution in [0.1, 0.15) is 45.1 Å². The van der Waals surface area contributed by atoms with Crippen LogP contribution in [0.25, 0.3) is 0 Å². The molecule has 0 aliphatic carbocycles. The summed E-state index contributed by atoms with van der Waals surface area (Å²) < 4.78 is 11.5. The third kappa shape index (κ3) is 2.41. The summed E-state index contributed by atoms with van der Waals surface area (Å²) >= 11 is 0. The van der Waals surface area contributed by atoms with E-state index in [2.05, 4.69) is 19.9 Å². The lowest BCUT2D eigenvalue weighted by Gasteiger charge is -2.38. The van der Waals surface area contributed by atoms with E-state index in [0.29, 0.717) is 0 Å². The summed E-state index contributed by atoms with van der Waals surface area (Å²) in [6.45, 7) is 4.45. The van der Waals surface area contributed by atoms with E-state index >= 15 is 0 Å². The zero-order valence-electron chi connectivity index (χ0n) is 11.1. The number of fused-ring (bicyclic) bond motifs is 1. The number of benzene rings is 1. The second-order valence-corrected chi connectivity index (χ2v) is 4.86. The minimum absolute atomic E-state index is 0.0497. The lowest BCUT2D eigenvalue weighted by atomic mass is 9.85. The molecular weight excluding hydrogens is 212 g/mol. The summed E-state index contributed by atoms with van der Waals surface area (Å²) in [4.78, 5) is 0. The molecule has 0 radical (unpaired) electrons. The molecule has 1 aliphatic rings. The van der Waals surface area contributed by atoms with Crippen molar-refractivity contribution >= 4 is 0 Å². The SMILES string of the molecule is CCCC1(CC)CCc2ccc(OC)cc2O1. The van der Waals surface area contributed by atoms with E-state index < -0.39 is 0 Å². The Labute approximate surface area is 104 Å². The van der Waals surface area contributed by atoms with E-state index in [0.717, 1.165) is 37.2 Å². The summed E-state index contributed by atoms with van der Waals surface area (Å²) in [6.07, 6.45) is 5.65. The van der Waals surface area contributed by atoms with Gasteiger partial charge in [0.05, 0.1) is 7.11 Å². The van der Waals surface area contributed by atoms with E-state index in [1.165, 1.54) is 12.0 Å². The van der Waals surface area contributed by atoms with Gasteiger partial charge in [-0.15, -0.1) is 0 Å². The van der Waals surface area contributed by atoms with Crippen LogP contribution in [0.5, 0.6) is 11.5 Å². The standard InChI is InChI=1S/C15H22O2/c1-4-9-15(5-2)10-8-12-6-7-13(16-3)11-14(12)17-15/h6-7,11H,4-5,8-10H2,1-3H3. The fourth-order valence-corrected chi connectivity index (χ4v) is 2.67. The van der Waals surface area contributed by atoms with Gasteiger partial charge < -0.3 is 9.47 Å². The van der Waals surface area contributed by atoms with Crippen LogP contribution in [-0.2, 0) is 6.42 Å². The quantitative estimate of drug-likeness (QED) is 0.784. The first-order chi connectivity index (χ1) is 8.23. The molecule has 2 nitrogen and oxygen atoms in total. The molecule has 1 heterocycles. The Kier molecular flexibility index (Phi) is 3.60. The topological polar surface area (TPSA) is 18.5 Å². The predicted octanol–water partition coefficient (Wildman–Crippen LogP) is 3.97. The Balaban J connectivity index is 2.26. The highest BCUT2D eigenvalue weighted by Gasteiger charge is 2.33. The van der Waals surface area contributed by atoms with Crippen LogP contribution < -0.4 is 9.47 Å². The average Bonchev–Trinajstić information content (AvgIpc) is 2.38. The summed E-state index contributed by atoms with van der Waals surface area (Å²) in [5.41, 5.74) is 1.36. The molecule has 0 saturated carbocycles. The van der Waals surface area contributed by atoms with Crippen molar-refractivity contribution in [1.29, 1.82) is 0 Å². The van der Waals surface area contributed by atoms with Crippen LogP contribution in [-0.4, -0.2) is 12.7 Å². The molecule has 1 aromatic carbocycles. The van der Waals surface area contributed by atoms with Gasteiger partial charge >= 0.3 is 0 Å². The van der Waals surface area contributed by atoms with E-state index in [-0.39, 0.29) is 5.60 Å². The fourth-order valence-electron chi connectivity index (χ4n) is 2.67. The van der Waals surface area contributed by atoms with Crippen LogP contribution in [0, 0.1) is 0 Å². The van der Waals surface area contributed by atoms with Gasteiger partial charge in [0.25, 0.3) is 0 Å². The second-order valence-electron chi connectivity index (χ2n) is 4.86. The number of hydrogen-bond donors (Lipinski definition) is 0. The zero-order valence-corrected chi connectivity index (χ0v) is 11.1.